The smallest absolute Gasteiger partial charge is 0.0632 e. The fourth-order valence-electron chi connectivity index (χ4n) is 2.79. The second-order valence-electron chi connectivity index (χ2n) is 5.84. The lowest BCUT2D eigenvalue weighted by Gasteiger charge is -2.32. The molecule has 2 saturated heterocycles. The first-order chi connectivity index (χ1) is 8.07. The van der Waals surface area contributed by atoms with Crippen LogP contribution in [0.5, 0.6) is 0 Å². The zero-order valence-corrected chi connectivity index (χ0v) is 10.8. The molecule has 100 valence electrons. The average molecular weight is 243 g/mol. The van der Waals surface area contributed by atoms with Crippen LogP contribution in [0.2, 0.25) is 0 Å². The SMILES string of the molecule is CC1(O)CCCN(CC2COCCC2O)CC1. The molecule has 2 heterocycles. The maximum Gasteiger partial charge on any atom is 0.0632 e. The minimum atomic E-state index is -0.504. The predicted octanol–water partition coefficient (Wildman–Crippen LogP) is 0.621. The normalized spacial score (nSPS) is 41.1. The zero-order valence-electron chi connectivity index (χ0n) is 10.8. The van der Waals surface area contributed by atoms with Crippen molar-refractivity contribution in [3.63, 3.8) is 0 Å². The van der Waals surface area contributed by atoms with E-state index in [9.17, 15) is 10.2 Å². The fourth-order valence-corrected chi connectivity index (χ4v) is 2.79. The largest absolute Gasteiger partial charge is 0.393 e. The van der Waals surface area contributed by atoms with Crippen molar-refractivity contribution >= 4 is 0 Å². The van der Waals surface area contributed by atoms with Crippen LogP contribution in [-0.4, -0.2) is 59.7 Å². The molecule has 0 bridgehead atoms. The molecule has 17 heavy (non-hydrogen) atoms. The molecule has 0 aliphatic carbocycles. The van der Waals surface area contributed by atoms with Gasteiger partial charge in [0.1, 0.15) is 0 Å². The molecule has 0 saturated carbocycles. The Kier molecular flexibility index (Phi) is 4.42. The van der Waals surface area contributed by atoms with Crippen LogP contribution in [0.4, 0.5) is 0 Å². The first-order valence-corrected chi connectivity index (χ1v) is 6.77. The highest BCUT2D eigenvalue weighted by Gasteiger charge is 2.29. The second kappa shape index (κ2) is 5.65. The summed E-state index contributed by atoms with van der Waals surface area (Å²) in [5.41, 5.74) is -0.504. The summed E-state index contributed by atoms with van der Waals surface area (Å²) in [7, 11) is 0. The van der Waals surface area contributed by atoms with Crippen LogP contribution in [0.25, 0.3) is 0 Å². The maximum atomic E-state index is 10.0. The number of hydrogen-bond acceptors (Lipinski definition) is 4. The molecule has 0 amide bonds. The van der Waals surface area contributed by atoms with E-state index in [4.69, 9.17) is 4.74 Å². The van der Waals surface area contributed by atoms with Gasteiger partial charge >= 0.3 is 0 Å². The van der Waals surface area contributed by atoms with Gasteiger partial charge in [-0.05, 0) is 39.2 Å². The van der Waals surface area contributed by atoms with Crippen LogP contribution in [-0.2, 0) is 4.74 Å². The van der Waals surface area contributed by atoms with Crippen molar-refractivity contribution in [3.05, 3.63) is 0 Å². The Labute approximate surface area is 104 Å². The highest BCUT2D eigenvalue weighted by atomic mass is 16.5. The summed E-state index contributed by atoms with van der Waals surface area (Å²) in [6.45, 7) is 6.14. The van der Waals surface area contributed by atoms with Gasteiger partial charge in [-0.25, -0.2) is 0 Å². The highest BCUT2D eigenvalue weighted by molar-refractivity contribution is 4.82. The topological polar surface area (TPSA) is 52.9 Å². The summed E-state index contributed by atoms with van der Waals surface area (Å²) in [5.74, 6) is 0.242. The van der Waals surface area contributed by atoms with Crippen LogP contribution in [0.3, 0.4) is 0 Å². The molecular weight excluding hydrogens is 218 g/mol. The van der Waals surface area contributed by atoms with Gasteiger partial charge in [-0.2, -0.15) is 0 Å². The number of hydrogen-bond donors (Lipinski definition) is 2. The lowest BCUT2D eigenvalue weighted by molar-refractivity contribution is -0.0468. The van der Waals surface area contributed by atoms with Crippen molar-refractivity contribution < 1.29 is 14.9 Å². The Morgan fingerprint density at radius 2 is 2.18 bits per heavy atom. The van der Waals surface area contributed by atoms with Crippen LogP contribution >= 0.6 is 0 Å². The molecule has 2 aliphatic rings. The molecule has 2 fully saturated rings. The van der Waals surface area contributed by atoms with Gasteiger partial charge in [0, 0.05) is 25.6 Å². The quantitative estimate of drug-likeness (QED) is 0.746. The Hall–Kier alpha value is -0.160. The van der Waals surface area contributed by atoms with E-state index in [1.165, 1.54) is 0 Å². The molecule has 2 N–H and O–H groups in total. The molecule has 4 nitrogen and oxygen atoms in total. The van der Waals surface area contributed by atoms with Crippen molar-refractivity contribution in [2.75, 3.05) is 32.8 Å². The van der Waals surface area contributed by atoms with Gasteiger partial charge in [0.2, 0.25) is 0 Å². The molecule has 3 atom stereocenters. The Balaban J connectivity index is 1.82. The summed E-state index contributed by atoms with van der Waals surface area (Å²) >= 11 is 0. The molecule has 4 heteroatoms. The van der Waals surface area contributed by atoms with Gasteiger partial charge in [0.15, 0.2) is 0 Å². The van der Waals surface area contributed by atoms with E-state index >= 15 is 0 Å². The molecule has 3 unspecified atom stereocenters. The van der Waals surface area contributed by atoms with E-state index in [2.05, 4.69) is 4.90 Å². The van der Waals surface area contributed by atoms with Gasteiger partial charge in [0.05, 0.1) is 18.3 Å². The lowest BCUT2D eigenvalue weighted by Crippen LogP contribution is -2.41. The van der Waals surface area contributed by atoms with Crippen LogP contribution in [0.1, 0.15) is 32.6 Å². The summed E-state index contributed by atoms with van der Waals surface area (Å²) in [6.07, 6.45) is 3.30. The minimum Gasteiger partial charge on any atom is -0.393 e. The van der Waals surface area contributed by atoms with E-state index in [1.54, 1.807) is 0 Å². The maximum absolute atomic E-state index is 10.0. The van der Waals surface area contributed by atoms with Crippen LogP contribution in [0.15, 0.2) is 0 Å². The molecule has 0 aromatic carbocycles. The number of ether oxygens (including phenoxy) is 1. The first kappa shape index (κ1) is 13.3. The van der Waals surface area contributed by atoms with E-state index in [1.807, 2.05) is 6.92 Å². The van der Waals surface area contributed by atoms with Crippen molar-refractivity contribution in [2.24, 2.45) is 5.92 Å². The van der Waals surface area contributed by atoms with Crippen molar-refractivity contribution in [2.45, 2.75) is 44.3 Å². The van der Waals surface area contributed by atoms with Crippen LogP contribution < -0.4 is 0 Å². The number of likely N-dealkylation sites (tertiary alicyclic amines) is 1. The van der Waals surface area contributed by atoms with Gasteiger partial charge in [-0.1, -0.05) is 0 Å². The Morgan fingerprint density at radius 1 is 1.35 bits per heavy atom. The molecule has 0 radical (unpaired) electrons. The van der Waals surface area contributed by atoms with Gasteiger partial charge < -0.3 is 19.8 Å². The third-order valence-corrected chi connectivity index (χ3v) is 4.08. The number of aliphatic hydroxyl groups excluding tert-OH is 1. The molecule has 0 spiro atoms. The third kappa shape index (κ3) is 3.91. The van der Waals surface area contributed by atoms with Gasteiger partial charge in [-0.15, -0.1) is 0 Å². The third-order valence-electron chi connectivity index (χ3n) is 4.08. The molecular formula is C13H25NO3. The number of nitrogens with zero attached hydrogens (tertiary/aromatic N) is 1. The van der Waals surface area contributed by atoms with Crippen LogP contribution in [0, 0.1) is 5.92 Å². The van der Waals surface area contributed by atoms with E-state index in [0.717, 1.165) is 45.3 Å². The Morgan fingerprint density at radius 3 is 2.94 bits per heavy atom. The minimum absolute atomic E-state index is 0.215. The monoisotopic (exact) mass is 243 g/mol. The lowest BCUT2D eigenvalue weighted by atomic mass is 9.97. The second-order valence-corrected chi connectivity index (χ2v) is 5.84. The predicted molar refractivity (Wildman–Crippen MR) is 65.8 cm³/mol. The summed E-state index contributed by atoms with van der Waals surface area (Å²) in [6, 6.07) is 0. The average Bonchev–Trinajstić information content (AvgIpc) is 2.44. The Bertz CT molecular complexity index is 245. The van der Waals surface area contributed by atoms with Crippen molar-refractivity contribution in [1.29, 1.82) is 0 Å². The van der Waals surface area contributed by atoms with E-state index < -0.39 is 5.60 Å². The highest BCUT2D eigenvalue weighted by Crippen LogP contribution is 2.23. The number of aliphatic hydroxyl groups is 2. The van der Waals surface area contributed by atoms with Crippen molar-refractivity contribution in [1.82, 2.24) is 4.90 Å². The summed E-state index contributed by atoms with van der Waals surface area (Å²) in [5, 5.41) is 19.9. The molecule has 2 rings (SSSR count). The summed E-state index contributed by atoms with van der Waals surface area (Å²) in [4.78, 5) is 2.37. The fraction of sp³-hybridized carbons (Fsp3) is 1.00. The summed E-state index contributed by atoms with van der Waals surface area (Å²) < 4.78 is 5.43. The van der Waals surface area contributed by atoms with Gasteiger partial charge in [-0.3, -0.25) is 0 Å². The first-order valence-electron chi connectivity index (χ1n) is 6.77. The molecule has 0 aromatic rings. The standard InChI is InChI=1S/C13H25NO3/c1-13(16)4-2-6-14(7-5-13)9-11-10-17-8-3-12(11)15/h11-12,15-16H,2-10H2,1H3. The van der Waals surface area contributed by atoms with E-state index in [0.29, 0.717) is 13.2 Å². The molecule has 2 aliphatic heterocycles. The molecule has 0 aromatic heterocycles. The zero-order chi connectivity index (χ0) is 12.3. The van der Waals surface area contributed by atoms with Crippen molar-refractivity contribution in [3.8, 4) is 0 Å². The van der Waals surface area contributed by atoms with E-state index in [-0.39, 0.29) is 12.0 Å². The van der Waals surface area contributed by atoms with Gasteiger partial charge in [0.25, 0.3) is 0 Å². The number of rotatable bonds is 2.